The number of hydrogen-bond donors (Lipinski definition) is 3. The van der Waals surface area contributed by atoms with Crippen LogP contribution in [0.15, 0.2) is 40.9 Å². The maximum Gasteiger partial charge on any atom is 0.249 e. The van der Waals surface area contributed by atoms with Crippen LogP contribution in [0.5, 0.6) is 5.75 Å². The van der Waals surface area contributed by atoms with Crippen LogP contribution in [0.2, 0.25) is 0 Å². The van der Waals surface area contributed by atoms with Crippen LogP contribution in [-0.2, 0) is 21.9 Å². The van der Waals surface area contributed by atoms with Gasteiger partial charge in [-0.2, -0.15) is 0 Å². The van der Waals surface area contributed by atoms with Gasteiger partial charge in [-0.15, -0.1) is 0 Å². The lowest BCUT2D eigenvalue weighted by molar-refractivity contribution is -0.154. The molecule has 3 rings (SSSR count). The van der Waals surface area contributed by atoms with Crippen molar-refractivity contribution in [2.24, 2.45) is 0 Å². The molecule has 0 fully saturated rings. The minimum Gasteiger partial charge on any atom is -0.457 e. The number of nitrogens with two attached hydrogens (primary N) is 1. The van der Waals surface area contributed by atoms with Gasteiger partial charge in [0.15, 0.2) is 0 Å². The Bertz CT molecular complexity index is 855. The molecule has 6 nitrogen and oxygen atoms in total. The minimum atomic E-state index is -1.89. The van der Waals surface area contributed by atoms with E-state index in [4.69, 9.17) is 10.5 Å². The number of aliphatic hydroxyl groups is 1. The van der Waals surface area contributed by atoms with Gasteiger partial charge >= 0.3 is 0 Å². The summed E-state index contributed by atoms with van der Waals surface area (Å²) >= 11 is 3.35. The lowest BCUT2D eigenvalue weighted by Crippen LogP contribution is -2.37. The molecule has 1 aliphatic rings. The molecule has 0 aliphatic carbocycles. The van der Waals surface area contributed by atoms with Gasteiger partial charge in [0.25, 0.3) is 0 Å². The molecule has 0 aromatic heterocycles. The molecule has 0 radical (unpaired) electrons. The van der Waals surface area contributed by atoms with Crippen molar-refractivity contribution in [2.45, 2.75) is 25.2 Å². The summed E-state index contributed by atoms with van der Waals surface area (Å²) in [6.07, 6.45) is 0.658. The van der Waals surface area contributed by atoms with Gasteiger partial charge in [-0.1, -0.05) is 34.1 Å². The Labute approximate surface area is 153 Å². The Hall–Kier alpha value is -2.38. The molecule has 130 valence electrons. The number of carbonyl (C=O) groups is 2. The number of carbonyl (C=O) groups excluding carboxylic acids is 2. The summed E-state index contributed by atoms with van der Waals surface area (Å²) in [6, 6.07) is 10.2. The minimum absolute atomic E-state index is 0.120. The number of rotatable bonds is 4. The number of ether oxygens (including phenoxy) is 1. The maximum absolute atomic E-state index is 11.8. The predicted octanol–water partition coefficient (Wildman–Crippen LogP) is 2.19. The highest BCUT2D eigenvalue weighted by atomic mass is 79.9. The molecule has 4 N–H and O–H groups in total. The number of aldehydes is 1. The van der Waals surface area contributed by atoms with Gasteiger partial charge in [-0.05, 0) is 18.2 Å². The molecular formula is C18H17BrN2O4. The van der Waals surface area contributed by atoms with Crippen LogP contribution in [0.25, 0.3) is 0 Å². The average Bonchev–Trinajstić information content (AvgIpc) is 2.84. The zero-order valence-electron chi connectivity index (χ0n) is 13.5. The van der Waals surface area contributed by atoms with Crippen molar-refractivity contribution in [1.82, 2.24) is 5.32 Å². The van der Waals surface area contributed by atoms with E-state index in [0.717, 1.165) is 4.47 Å². The van der Waals surface area contributed by atoms with Gasteiger partial charge in [-0.25, -0.2) is 0 Å². The smallest absolute Gasteiger partial charge is 0.249 e. The van der Waals surface area contributed by atoms with Crippen LogP contribution < -0.4 is 15.8 Å². The Kier molecular flexibility index (Phi) is 4.53. The zero-order valence-corrected chi connectivity index (χ0v) is 15.0. The summed E-state index contributed by atoms with van der Waals surface area (Å²) in [5.74, 6) is -2.61. The van der Waals surface area contributed by atoms with E-state index in [2.05, 4.69) is 21.2 Å². The molecule has 1 heterocycles. The van der Waals surface area contributed by atoms with E-state index in [9.17, 15) is 14.7 Å². The number of halogens is 1. The van der Waals surface area contributed by atoms with Crippen LogP contribution in [0, 0.1) is 0 Å². The first-order chi connectivity index (χ1) is 11.9. The van der Waals surface area contributed by atoms with Crippen LogP contribution in [0.1, 0.15) is 29.5 Å². The highest BCUT2D eigenvalue weighted by Crippen LogP contribution is 2.49. The molecule has 7 heteroatoms. The Morgan fingerprint density at radius 2 is 2.20 bits per heavy atom. The molecule has 0 saturated heterocycles. The Morgan fingerprint density at radius 3 is 2.88 bits per heavy atom. The predicted molar refractivity (Wildman–Crippen MR) is 95.8 cm³/mol. The molecule has 1 amide bonds. The van der Waals surface area contributed by atoms with E-state index >= 15 is 0 Å². The van der Waals surface area contributed by atoms with Crippen LogP contribution in [0.3, 0.4) is 0 Å². The Balaban J connectivity index is 2.11. The number of nitrogens with one attached hydrogen (secondary N) is 1. The van der Waals surface area contributed by atoms with E-state index < -0.39 is 11.7 Å². The summed E-state index contributed by atoms with van der Waals surface area (Å²) in [5.41, 5.74) is 7.89. The van der Waals surface area contributed by atoms with Crippen molar-refractivity contribution in [2.75, 3.05) is 5.73 Å². The number of benzene rings is 2. The van der Waals surface area contributed by atoms with Crippen molar-refractivity contribution in [1.29, 1.82) is 0 Å². The van der Waals surface area contributed by atoms with Crippen molar-refractivity contribution < 1.29 is 19.4 Å². The molecule has 1 unspecified atom stereocenters. The maximum atomic E-state index is 11.8. The third-order valence-corrected chi connectivity index (χ3v) is 4.74. The van der Waals surface area contributed by atoms with Gasteiger partial charge in [0.1, 0.15) is 18.0 Å². The first-order valence-electron chi connectivity index (χ1n) is 7.65. The van der Waals surface area contributed by atoms with E-state index in [1.807, 2.05) is 0 Å². The fraction of sp³-hybridized carbons (Fsp3) is 0.222. The third kappa shape index (κ3) is 3.01. The summed E-state index contributed by atoms with van der Waals surface area (Å²) in [5, 5.41) is 13.9. The van der Waals surface area contributed by atoms with Crippen LogP contribution in [0.4, 0.5) is 5.69 Å². The summed E-state index contributed by atoms with van der Waals surface area (Å²) < 4.78 is 6.56. The summed E-state index contributed by atoms with van der Waals surface area (Å²) in [6.45, 7) is 1.51. The van der Waals surface area contributed by atoms with E-state index in [0.29, 0.717) is 34.4 Å². The zero-order chi connectivity index (χ0) is 18.2. The van der Waals surface area contributed by atoms with E-state index in [-0.39, 0.29) is 12.5 Å². The van der Waals surface area contributed by atoms with Crippen LogP contribution in [-0.4, -0.2) is 17.3 Å². The molecule has 0 bridgehead atoms. The normalized spacial score (nSPS) is 21.3. The van der Waals surface area contributed by atoms with Crippen molar-refractivity contribution in [3.63, 3.8) is 0 Å². The molecule has 25 heavy (non-hydrogen) atoms. The molecule has 0 saturated carbocycles. The number of hydrogen-bond acceptors (Lipinski definition) is 5. The first kappa shape index (κ1) is 17.4. The number of amides is 1. The van der Waals surface area contributed by atoms with Gasteiger partial charge < -0.3 is 25.7 Å². The second-order valence-electron chi connectivity index (χ2n) is 5.88. The second kappa shape index (κ2) is 6.50. The number of fused-ring (bicyclic) bond motifs is 1. The van der Waals surface area contributed by atoms with Crippen molar-refractivity contribution >= 4 is 33.8 Å². The van der Waals surface area contributed by atoms with Gasteiger partial charge in [-0.3, -0.25) is 4.79 Å². The summed E-state index contributed by atoms with van der Waals surface area (Å²) in [7, 11) is 0. The van der Waals surface area contributed by atoms with Crippen molar-refractivity contribution in [3.05, 3.63) is 57.6 Å². The molecule has 0 spiro atoms. The molecule has 2 aromatic rings. The largest absolute Gasteiger partial charge is 0.457 e. The highest BCUT2D eigenvalue weighted by Gasteiger charge is 2.50. The SMILES string of the molecule is CC(=O)NCc1c(N)cccc1[C@@]1(O)Oc2cc(Br)ccc2C1C=O. The average molecular weight is 405 g/mol. The highest BCUT2D eigenvalue weighted by molar-refractivity contribution is 9.10. The van der Waals surface area contributed by atoms with Gasteiger partial charge in [0.05, 0.1) is 0 Å². The first-order valence-corrected chi connectivity index (χ1v) is 8.44. The molecule has 2 aromatic carbocycles. The van der Waals surface area contributed by atoms with Crippen LogP contribution >= 0.6 is 15.9 Å². The third-order valence-electron chi connectivity index (χ3n) is 4.25. The quantitative estimate of drug-likeness (QED) is 0.535. The van der Waals surface area contributed by atoms with Gasteiger partial charge in [0, 0.05) is 40.3 Å². The fourth-order valence-corrected chi connectivity index (χ4v) is 3.37. The number of anilines is 1. The molecule has 1 aliphatic heterocycles. The van der Waals surface area contributed by atoms with E-state index in [1.165, 1.54) is 6.92 Å². The standard InChI is InChI=1S/C18H17BrN2O4/c1-10(23)21-8-13-14(3-2-4-16(13)20)18(24)15(9-22)12-6-5-11(19)7-17(12)25-18/h2-7,9,15,24H,8,20H2,1H3,(H,21,23)/t15?,18-/m1/s1. The van der Waals surface area contributed by atoms with E-state index in [1.54, 1.807) is 36.4 Å². The Morgan fingerprint density at radius 1 is 1.44 bits per heavy atom. The monoisotopic (exact) mass is 404 g/mol. The lowest BCUT2D eigenvalue weighted by atomic mass is 9.86. The molecule has 2 atom stereocenters. The molecular weight excluding hydrogens is 388 g/mol. The lowest BCUT2D eigenvalue weighted by Gasteiger charge is -2.29. The second-order valence-corrected chi connectivity index (χ2v) is 6.79. The fourth-order valence-electron chi connectivity index (χ4n) is 3.03. The number of nitrogen functional groups attached to an aromatic ring is 1. The summed E-state index contributed by atoms with van der Waals surface area (Å²) in [4.78, 5) is 23.0. The van der Waals surface area contributed by atoms with Gasteiger partial charge in [0.2, 0.25) is 11.7 Å². The topological polar surface area (TPSA) is 102 Å². The van der Waals surface area contributed by atoms with Crippen molar-refractivity contribution in [3.8, 4) is 5.75 Å².